The van der Waals surface area contributed by atoms with Crippen molar-refractivity contribution in [2.75, 3.05) is 0 Å². The Kier molecular flexibility index (Phi) is 3.44. The molecule has 15 heavy (non-hydrogen) atoms. The molecule has 0 radical (unpaired) electrons. The number of hydrogen-bond donors (Lipinski definition) is 1. The van der Waals surface area contributed by atoms with E-state index in [0.29, 0.717) is 4.47 Å². The first-order chi connectivity index (χ1) is 7.02. The van der Waals surface area contributed by atoms with Gasteiger partial charge in [0.1, 0.15) is 6.07 Å². The van der Waals surface area contributed by atoms with Gasteiger partial charge in [0.25, 0.3) is 5.04 Å². The van der Waals surface area contributed by atoms with Gasteiger partial charge in [-0.15, -0.1) is 0 Å². The molecule has 0 aliphatic heterocycles. The molecule has 0 spiro atoms. The van der Waals surface area contributed by atoms with Crippen LogP contribution in [0.2, 0.25) is 0 Å². The summed E-state index contributed by atoms with van der Waals surface area (Å²) in [5.41, 5.74) is 0. The van der Waals surface area contributed by atoms with Gasteiger partial charge in [-0.2, -0.15) is 5.26 Å². The van der Waals surface area contributed by atoms with E-state index in [2.05, 4.69) is 21.1 Å². The van der Waals surface area contributed by atoms with Crippen LogP contribution in [-0.2, 0) is 9.84 Å². The summed E-state index contributed by atoms with van der Waals surface area (Å²) < 4.78 is 23.9. The minimum atomic E-state index is -4.00. The van der Waals surface area contributed by atoms with Gasteiger partial charge in [-0.05, 0) is 24.3 Å². The summed E-state index contributed by atoms with van der Waals surface area (Å²) in [4.78, 5) is -0.0972. The van der Waals surface area contributed by atoms with Gasteiger partial charge >= 0.3 is 0 Å². The second-order valence-electron chi connectivity index (χ2n) is 2.47. The molecule has 7 heteroatoms. The van der Waals surface area contributed by atoms with Crippen molar-refractivity contribution in [1.82, 2.24) is 0 Å². The summed E-state index contributed by atoms with van der Waals surface area (Å²) in [6.07, 6.45) is 0. The van der Waals surface area contributed by atoms with Gasteiger partial charge in [0.15, 0.2) is 0 Å². The van der Waals surface area contributed by atoms with Gasteiger partial charge in [-0.3, -0.25) is 0 Å². The molecule has 5 nitrogen and oxygen atoms in total. The third-order valence-corrected chi connectivity index (χ3v) is 3.67. The number of oxime groups is 1. The summed E-state index contributed by atoms with van der Waals surface area (Å²) in [6.45, 7) is 0. The maximum absolute atomic E-state index is 11.6. The van der Waals surface area contributed by atoms with Crippen LogP contribution in [0.4, 0.5) is 0 Å². The summed E-state index contributed by atoms with van der Waals surface area (Å²) in [5, 5.41) is 18.3. The van der Waals surface area contributed by atoms with Gasteiger partial charge in [0, 0.05) is 4.47 Å². The lowest BCUT2D eigenvalue weighted by molar-refractivity contribution is 0.321. The third-order valence-electron chi connectivity index (χ3n) is 1.56. The Bertz CT molecular complexity index is 528. The molecule has 0 bridgehead atoms. The summed E-state index contributed by atoms with van der Waals surface area (Å²) in [5.74, 6) is 0. The molecule has 0 atom stereocenters. The molecule has 0 unspecified atom stereocenters. The number of nitriles is 1. The smallest absolute Gasteiger partial charge is 0.275 e. The predicted molar refractivity (Wildman–Crippen MR) is 56.2 cm³/mol. The second-order valence-corrected chi connectivity index (χ2v) is 5.25. The molecule has 0 saturated carbocycles. The lowest BCUT2D eigenvalue weighted by Gasteiger charge is -1.99. The Balaban J connectivity index is 3.31. The minimum absolute atomic E-state index is 0.0972. The molecule has 1 aromatic rings. The van der Waals surface area contributed by atoms with Gasteiger partial charge in [-0.25, -0.2) is 8.42 Å². The summed E-state index contributed by atoms with van der Waals surface area (Å²) in [6, 6.07) is 6.95. The SMILES string of the molecule is N#CC(=NO)S(=O)(=O)c1ccc(Br)cc1. The lowest BCUT2D eigenvalue weighted by Crippen LogP contribution is -2.13. The average Bonchev–Trinajstić information content (AvgIpc) is 2.19. The number of hydrogen-bond acceptors (Lipinski definition) is 5. The molecular weight excluding hydrogens is 284 g/mol. The first-order valence-electron chi connectivity index (χ1n) is 3.65. The Hall–Kier alpha value is -1.39. The number of halogens is 1. The van der Waals surface area contributed by atoms with Crippen LogP contribution < -0.4 is 0 Å². The second kappa shape index (κ2) is 4.42. The standard InChI is InChI=1S/C8H5BrN2O3S/c9-6-1-3-7(4-2-6)15(13,14)8(5-10)11-12/h1-4,12H. The Morgan fingerprint density at radius 1 is 1.40 bits per heavy atom. The highest BCUT2D eigenvalue weighted by molar-refractivity contribution is 9.10. The van der Waals surface area contributed by atoms with E-state index in [1.54, 1.807) is 0 Å². The van der Waals surface area contributed by atoms with Crippen LogP contribution in [0.3, 0.4) is 0 Å². The third kappa shape index (κ3) is 2.34. The normalized spacial score (nSPS) is 12.1. The summed E-state index contributed by atoms with van der Waals surface area (Å²) in [7, 11) is -4.00. The molecule has 0 amide bonds. The highest BCUT2D eigenvalue weighted by Crippen LogP contribution is 2.16. The first kappa shape index (κ1) is 11.7. The van der Waals surface area contributed by atoms with Crippen molar-refractivity contribution in [3.8, 4) is 6.07 Å². The van der Waals surface area contributed by atoms with Crippen molar-refractivity contribution in [1.29, 1.82) is 5.26 Å². The molecule has 0 aliphatic rings. The largest absolute Gasteiger partial charge is 0.409 e. The van der Waals surface area contributed by atoms with Crippen molar-refractivity contribution in [3.63, 3.8) is 0 Å². The van der Waals surface area contributed by atoms with Gasteiger partial charge in [0.05, 0.1) is 4.90 Å². The van der Waals surface area contributed by atoms with Crippen LogP contribution in [-0.4, -0.2) is 18.7 Å². The van der Waals surface area contributed by atoms with Gasteiger partial charge < -0.3 is 5.21 Å². The molecule has 1 rings (SSSR count). The fourth-order valence-electron chi connectivity index (χ4n) is 0.862. The fourth-order valence-corrected chi connectivity index (χ4v) is 2.07. The zero-order valence-corrected chi connectivity index (χ0v) is 9.66. The maximum atomic E-state index is 11.6. The molecule has 0 fully saturated rings. The van der Waals surface area contributed by atoms with Crippen LogP contribution in [0, 0.1) is 11.3 Å². The van der Waals surface area contributed by atoms with E-state index in [1.165, 1.54) is 30.3 Å². The molecule has 0 saturated heterocycles. The van der Waals surface area contributed by atoms with Crippen molar-refractivity contribution in [2.24, 2.45) is 5.16 Å². The molecule has 1 aromatic carbocycles. The highest BCUT2D eigenvalue weighted by Gasteiger charge is 2.22. The predicted octanol–water partition coefficient (Wildman–Crippen LogP) is 1.53. The number of rotatable bonds is 1. The van der Waals surface area contributed by atoms with E-state index in [1.807, 2.05) is 0 Å². The minimum Gasteiger partial charge on any atom is -0.409 e. The van der Waals surface area contributed by atoms with Gasteiger partial charge in [0.2, 0.25) is 9.84 Å². The quantitative estimate of drug-likeness (QED) is 0.367. The molecular formula is C8H5BrN2O3S. The fraction of sp³-hybridized carbons (Fsp3) is 0. The Morgan fingerprint density at radius 2 is 1.93 bits per heavy atom. The van der Waals surface area contributed by atoms with Crippen LogP contribution in [0.5, 0.6) is 0 Å². The molecule has 0 heterocycles. The first-order valence-corrected chi connectivity index (χ1v) is 5.93. The van der Waals surface area contributed by atoms with E-state index in [0.717, 1.165) is 0 Å². The van der Waals surface area contributed by atoms with E-state index in [4.69, 9.17) is 10.5 Å². The number of sulfone groups is 1. The van der Waals surface area contributed by atoms with Crippen molar-refractivity contribution >= 4 is 30.8 Å². The topological polar surface area (TPSA) is 90.5 Å². The Morgan fingerprint density at radius 3 is 2.33 bits per heavy atom. The van der Waals surface area contributed by atoms with Crippen LogP contribution in [0.25, 0.3) is 0 Å². The van der Waals surface area contributed by atoms with E-state index in [-0.39, 0.29) is 4.90 Å². The molecule has 0 aromatic heterocycles. The Labute approximate surface area is 94.7 Å². The molecule has 0 aliphatic carbocycles. The highest BCUT2D eigenvalue weighted by atomic mass is 79.9. The van der Waals surface area contributed by atoms with Crippen molar-refractivity contribution in [3.05, 3.63) is 28.7 Å². The molecule has 78 valence electrons. The van der Waals surface area contributed by atoms with Gasteiger partial charge in [-0.1, -0.05) is 21.1 Å². The summed E-state index contributed by atoms with van der Waals surface area (Å²) >= 11 is 3.14. The van der Waals surface area contributed by atoms with Crippen LogP contribution in [0.1, 0.15) is 0 Å². The average molecular weight is 289 g/mol. The lowest BCUT2D eigenvalue weighted by atomic mass is 10.4. The zero-order chi connectivity index (χ0) is 11.5. The van der Waals surface area contributed by atoms with Crippen LogP contribution in [0.15, 0.2) is 38.8 Å². The van der Waals surface area contributed by atoms with E-state index in [9.17, 15) is 8.42 Å². The van der Waals surface area contributed by atoms with E-state index < -0.39 is 14.9 Å². The maximum Gasteiger partial charge on any atom is 0.275 e. The zero-order valence-electron chi connectivity index (χ0n) is 7.25. The van der Waals surface area contributed by atoms with E-state index >= 15 is 0 Å². The van der Waals surface area contributed by atoms with Crippen LogP contribution >= 0.6 is 15.9 Å². The van der Waals surface area contributed by atoms with Crippen molar-refractivity contribution in [2.45, 2.75) is 4.90 Å². The monoisotopic (exact) mass is 288 g/mol. The molecule has 1 N–H and O–H groups in total. The van der Waals surface area contributed by atoms with Crippen molar-refractivity contribution < 1.29 is 13.6 Å². The number of benzene rings is 1. The number of nitrogens with zero attached hydrogens (tertiary/aromatic N) is 2.